The molecule has 0 radical (unpaired) electrons. The molecule has 0 spiro atoms. The van der Waals surface area contributed by atoms with Gasteiger partial charge in [-0.1, -0.05) is 50.0 Å². The number of hydrogen-bond donors (Lipinski definition) is 3. The van der Waals surface area contributed by atoms with Crippen LogP contribution < -0.4 is 16.0 Å². The van der Waals surface area contributed by atoms with Crippen molar-refractivity contribution in [2.45, 2.75) is 95.7 Å². The molecule has 4 amide bonds. The van der Waals surface area contributed by atoms with Crippen LogP contribution in [0.15, 0.2) is 18.2 Å². The van der Waals surface area contributed by atoms with E-state index < -0.39 is 11.9 Å². The van der Waals surface area contributed by atoms with Crippen molar-refractivity contribution in [3.8, 4) is 11.8 Å². The quantitative estimate of drug-likeness (QED) is 0.250. The number of nitrogens with one attached hydrogen (secondary N) is 3. The van der Waals surface area contributed by atoms with Crippen molar-refractivity contribution in [3.63, 3.8) is 0 Å². The summed E-state index contributed by atoms with van der Waals surface area (Å²) in [5.41, 5.74) is 2.27. The van der Waals surface area contributed by atoms with Crippen LogP contribution >= 0.6 is 0 Å². The van der Waals surface area contributed by atoms with E-state index in [0.717, 1.165) is 56.1 Å². The zero-order valence-electron chi connectivity index (χ0n) is 22.4. The third-order valence-corrected chi connectivity index (χ3v) is 8.05. The Morgan fingerprint density at radius 1 is 1.08 bits per heavy atom. The Hall–Kier alpha value is -3.18. The molecule has 8 heteroatoms. The zero-order valence-corrected chi connectivity index (χ0v) is 22.4. The predicted molar refractivity (Wildman–Crippen MR) is 145 cm³/mol. The van der Waals surface area contributed by atoms with Crippen LogP contribution in [0.1, 0.15) is 98.5 Å². The number of amides is 4. The van der Waals surface area contributed by atoms with E-state index in [0.29, 0.717) is 31.0 Å². The van der Waals surface area contributed by atoms with Crippen molar-refractivity contribution in [2.75, 3.05) is 13.6 Å². The van der Waals surface area contributed by atoms with Gasteiger partial charge in [-0.15, -0.1) is 0 Å². The van der Waals surface area contributed by atoms with Crippen LogP contribution in [0.3, 0.4) is 0 Å². The monoisotopic (exact) mass is 520 g/mol. The molecule has 1 aromatic rings. The van der Waals surface area contributed by atoms with Crippen molar-refractivity contribution >= 4 is 23.6 Å². The van der Waals surface area contributed by atoms with E-state index in [4.69, 9.17) is 0 Å². The van der Waals surface area contributed by atoms with Crippen molar-refractivity contribution in [3.05, 3.63) is 34.9 Å². The van der Waals surface area contributed by atoms with E-state index >= 15 is 0 Å². The van der Waals surface area contributed by atoms with E-state index in [1.165, 1.54) is 19.3 Å². The zero-order chi connectivity index (χ0) is 26.9. The van der Waals surface area contributed by atoms with Gasteiger partial charge in [-0.3, -0.25) is 24.5 Å². The van der Waals surface area contributed by atoms with Crippen LogP contribution in [0, 0.1) is 17.8 Å². The fourth-order valence-electron chi connectivity index (χ4n) is 5.92. The summed E-state index contributed by atoms with van der Waals surface area (Å²) >= 11 is 0. The molecule has 2 atom stereocenters. The highest BCUT2D eigenvalue weighted by Crippen LogP contribution is 2.29. The maximum absolute atomic E-state index is 12.9. The maximum atomic E-state index is 12.9. The minimum Gasteiger partial charge on any atom is -0.355 e. The molecule has 4 rings (SSSR count). The molecular weight excluding hydrogens is 480 g/mol. The molecule has 0 aromatic heterocycles. The molecule has 1 aliphatic carbocycles. The Balaban J connectivity index is 1.17. The van der Waals surface area contributed by atoms with Gasteiger partial charge in [0.15, 0.2) is 0 Å². The lowest BCUT2D eigenvalue weighted by atomic mass is 9.83. The molecule has 2 aliphatic heterocycles. The largest absolute Gasteiger partial charge is 0.355 e. The summed E-state index contributed by atoms with van der Waals surface area (Å²) < 4.78 is 0. The van der Waals surface area contributed by atoms with Crippen LogP contribution in [0.25, 0.3) is 0 Å². The van der Waals surface area contributed by atoms with Gasteiger partial charge in [0.2, 0.25) is 17.7 Å². The maximum Gasteiger partial charge on any atom is 0.255 e. The molecule has 0 bridgehead atoms. The molecular formula is C30H40N4O4. The minimum absolute atomic E-state index is 0.0728. The van der Waals surface area contributed by atoms with Crippen LogP contribution in [0.5, 0.6) is 0 Å². The lowest BCUT2D eigenvalue weighted by molar-refractivity contribution is -0.137. The lowest BCUT2D eigenvalue weighted by Gasteiger charge is -2.29. The number of piperidine rings is 1. The highest BCUT2D eigenvalue weighted by atomic mass is 16.2. The van der Waals surface area contributed by atoms with Crippen molar-refractivity contribution < 1.29 is 19.2 Å². The molecule has 2 fully saturated rings. The SMILES string of the molecule is CNC(C(=O)NCCCCCCC#Cc1cccc2c1CN(C1CCC(=O)NC1=O)C2=O)C1CCCCC1. The van der Waals surface area contributed by atoms with E-state index in [9.17, 15) is 19.2 Å². The Bertz CT molecular complexity index is 1100. The number of carbonyl (C=O) groups is 4. The highest BCUT2D eigenvalue weighted by molar-refractivity contribution is 6.05. The van der Waals surface area contributed by atoms with Crippen molar-refractivity contribution in [1.29, 1.82) is 0 Å². The topological polar surface area (TPSA) is 108 Å². The normalized spacial score (nSPS) is 20.4. The van der Waals surface area contributed by atoms with Gasteiger partial charge >= 0.3 is 0 Å². The average Bonchev–Trinajstić information content (AvgIpc) is 3.25. The first-order chi connectivity index (χ1) is 18.5. The average molecular weight is 521 g/mol. The van der Waals surface area contributed by atoms with E-state index in [2.05, 4.69) is 27.8 Å². The minimum atomic E-state index is -0.616. The molecule has 1 saturated heterocycles. The van der Waals surface area contributed by atoms with Gasteiger partial charge in [-0.25, -0.2) is 0 Å². The van der Waals surface area contributed by atoms with Gasteiger partial charge in [-0.2, -0.15) is 0 Å². The van der Waals surface area contributed by atoms with Crippen LogP contribution in [-0.2, 0) is 20.9 Å². The Labute approximate surface area is 225 Å². The first-order valence-electron chi connectivity index (χ1n) is 14.2. The van der Waals surface area contributed by atoms with Crippen LogP contribution in [0.4, 0.5) is 0 Å². The molecule has 3 aliphatic rings. The van der Waals surface area contributed by atoms with E-state index in [-0.39, 0.29) is 30.2 Å². The number of hydrogen-bond acceptors (Lipinski definition) is 5. The lowest BCUT2D eigenvalue weighted by Crippen LogP contribution is -2.52. The number of imide groups is 1. The van der Waals surface area contributed by atoms with Gasteiger partial charge in [0.1, 0.15) is 6.04 Å². The number of carbonyl (C=O) groups excluding carboxylic acids is 4. The van der Waals surface area contributed by atoms with Gasteiger partial charge in [0.05, 0.1) is 6.04 Å². The number of benzene rings is 1. The number of unbranched alkanes of at least 4 members (excludes halogenated alkanes) is 4. The fourth-order valence-corrected chi connectivity index (χ4v) is 5.92. The third-order valence-electron chi connectivity index (χ3n) is 8.05. The summed E-state index contributed by atoms with van der Waals surface area (Å²) in [5.74, 6) is 6.19. The molecule has 38 heavy (non-hydrogen) atoms. The Morgan fingerprint density at radius 2 is 1.87 bits per heavy atom. The van der Waals surface area contributed by atoms with Gasteiger partial charge in [0, 0.05) is 37.1 Å². The van der Waals surface area contributed by atoms with Crippen LogP contribution in [-0.4, -0.2) is 54.2 Å². The number of likely N-dealkylation sites (N-methyl/N-ethyl adjacent to an activating group) is 1. The van der Waals surface area contributed by atoms with Crippen molar-refractivity contribution in [1.82, 2.24) is 20.9 Å². The second-order valence-electron chi connectivity index (χ2n) is 10.7. The standard InChI is InChI=1S/C30H40N4O4/c1-31-27(22-13-8-6-9-14-22)29(37)32-19-10-5-3-2-4-7-12-21-15-11-16-23-24(21)20-34(30(23)38)25-17-18-26(35)33-28(25)36/h11,15-16,22,25,27,31H,2-6,8-10,13-14,17-20H2,1H3,(H,32,37)(H,33,35,36). The molecule has 1 aromatic carbocycles. The summed E-state index contributed by atoms with van der Waals surface area (Å²) in [5, 5.41) is 8.67. The van der Waals surface area contributed by atoms with Gasteiger partial charge in [0.25, 0.3) is 5.91 Å². The molecule has 1 saturated carbocycles. The Morgan fingerprint density at radius 3 is 2.63 bits per heavy atom. The summed E-state index contributed by atoms with van der Waals surface area (Å²) in [6.45, 7) is 1.05. The Kier molecular flexibility index (Phi) is 9.94. The number of rotatable bonds is 10. The second kappa shape index (κ2) is 13.6. The summed E-state index contributed by atoms with van der Waals surface area (Å²) in [6.07, 6.45) is 11.4. The molecule has 2 unspecified atom stereocenters. The first-order valence-corrected chi connectivity index (χ1v) is 14.2. The first kappa shape index (κ1) is 27.8. The number of fused-ring (bicyclic) bond motifs is 1. The summed E-state index contributed by atoms with van der Waals surface area (Å²) in [7, 11) is 1.88. The fraction of sp³-hybridized carbons (Fsp3) is 0.600. The molecule has 2 heterocycles. The smallest absolute Gasteiger partial charge is 0.255 e. The molecule has 204 valence electrons. The number of nitrogens with zero attached hydrogens (tertiary/aromatic N) is 1. The second-order valence-corrected chi connectivity index (χ2v) is 10.7. The third kappa shape index (κ3) is 6.82. The van der Waals surface area contributed by atoms with E-state index in [1.54, 1.807) is 11.0 Å². The molecule has 8 nitrogen and oxygen atoms in total. The predicted octanol–water partition coefficient (Wildman–Crippen LogP) is 3.03. The highest BCUT2D eigenvalue weighted by Gasteiger charge is 2.39. The summed E-state index contributed by atoms with van der Waals surface area (Å²) in [4.78, 5) is 50.8. The van der Waals surface area contributed by atoms with Crippen molar-refractivity contribution in [2.24, 2.45) is 5.92 Å². The van der Waals surface area contributed by atoms with Gasteiger partial charge < -0.3 is 15.5 Å². The summed E-state index contributed by atoms with van der Waals surface area (Å²) in [6, 6.07) is 4.84. The van der Waals surface area contributed by atoms with Crippen LogP contribution in [0.2, 0.25) is 0 Å². The van der Waals surface area contributed by atoms with E-state index in [1.807, 2.05) is 19.2 Å². The molecule has 3 N–H and O–H groups in total. The van der Waals surface area contributed by atoms with Gasteiger partial charge in [-0.05, 0) is 62.8 Å².